The van der Waals surface area contributed by atoms with E-state index in [1.165, 1.54) is 0 Å². The SMILES string of the molecule is N#C[C@H]1C[C@H](C(=O)c2ccccc2)N2N=CC=C[C@H]12. The summed E-state index contributed by atoms with van der Waals surface area (Å²) in [5.74, 6) is -0.137. The van der Waals surface area contributed by atoms with Crippen molar-refractivity contribution in [3.05, 3.63) is 48.0 Å². The molecular weight excluding hydrogens is 238 g/mol. The highest BCUT2D eigenvalue weighted by atomic mass is 16.1. The Morgan fingerprint density at radius 2 is 2.16 bits per heavy atom. The minimum atomic E-state index is -0.335. The number of hydrazone groups is 1. The van der Waals surface area contributed by atoms with Gasteiger partial charge in [-0.25, -0.2) is 0 Å². The van der Waals surface area contributed by atoms with Crippen LogP contribution in [0.1, 0.15) is 16.8 Å². The molecule has 19 heavy (non-hydrogen) atoms. The number of ketones is 1. The van der Waals surface area contributed by atoms with E-state index in [2.05, 4.69) is 11.2 Å². The molecule has 0 N–H and O–H groups in total. The largest absolute Gasteiger partial charge is 0.292 e. The molecule has 4 nitrogen and oxygen atoms in total. The number of allylic oxidation sites excluding steroid dienone is 1. The van der Waals surface area contributed by atoms with E-state index in [9.17, 15) is 10.1 Å². The molecule has 0 spiro atoms. The van der Waals surface area contributed by atoms with Gasteiger partial charge < -0.3 is 0 Å². The Morgan fingerprint density at radius 3 is 2.89 bits per heavy atom. The fraction of sp³-hybridized carbons (Fsp3) is 0.267. The molecule has 0 aromatic heterocycles. The summed E-state index contributed by atoms with van der Waals surface area (Å²) in [5.41, 5.74) is 0.676. The molecule has 2 aliphatic rings. The van der Waals surface area contributed by atoms with Gasteiger partial charge in [0.1, 0.15) is 6.04 Å². The van der Waals surface area contributed by atoms with Gasteiger partial charge in [-0.15, -0.1) is 0 Å². The summed E-state index contributed by atoms with van der Waals surface area (Å²) in [5, 5.41) is 15.2. The Morgan fingerprint density at radius 1 is 1.37 bits per heavy atom. The van der Waals surface area contributed by atoms with Crippen LogP contribution in [0.25, 0.3) is 0 Å². The quantitative estimate of drug-likeness (QED) is 0.755. The van der Waals surface area contributed by atoms with Crippen molar-refractivity contribution in [2.24, 2.45) is 11.0 Å². The van der Waals surface area contributed by atoms with E-state index in [0.29, 0.717) is 12.0 Å². The predicted octanol–water partition coefficient (Wildman–Crippen LogP) is 2.01. The summed E-state index contributed by atoms with van der Waals surface area (Å²) in [6.45, 7) is 0. The maximum absolute atomic E-state index is 12.5. The lowest BCUT2D eigenvalue weighted by molar-refractivity contribution is 0.0853. The molecule has 1 aromatic carbocycles. The van der Waals surface area contributed by atoms with Crippen molar-refractivity contribution in [3.8, 4) is 6.07 Å². The summed E-state index contributed by atoms with van der Waals surface area (Å²) in [6, 6.07) is 11.1. The molecule has 4 heteroatoms. The molecule has 0 saturated carbocycles. The number of hydrogen-bond donors (Lipinski definition) is 0. The van der Waals surface area contributed by atoms with Crippen LogP contribution in [0.5, 0.6) is 0 Å². The number of fused-ring (bicyclic) bond motifs is 1. The molecule has 2 heterocycles. The fourth-order valence-electron chi connectivity index (χ4n) is 2.69. The van der Waals surface area contributed by atoms with E-state index in [0.717, 1.165) is 0 Å². The van der Waals surface area contributed by atoms with Gasteiger partial charge in [0.05, 0.1) is 18.0 Å². The number of benzene rings is 1. The monoisotopic (exact) mass is 251 g/mol. The van der Waals surface area contributed by atoms with Crippen molar-refractivity contribution in [1.82, 2.24) is 5.01 Å². The Hall–Kier alpha value is -2.41. The van der Waals surface area contributed by atoms with Gasteiger partial charge in [0.15, 0.2) is 5.78 Å². The molecule has 1 aromatic rings. The van der Waals surface area contributed by atoms with Crippen molar-refractivity contribution < 1.29 is 4.79 Å². The molecule has 1 saturated heterocycles. The zero-order chi connectivity index (χ0) is 13.2. The molecule has 0 bridgehead atoms. The highest BCUT2D eigenvalue weighted by molar-refractivity contribution is 6.00. The first-order chi connectivity index (χ1) is 9.31. The van der Waals surface area contributed by atoms with E-state index in [1.54, 1.807) is 23.4 Å². The minimum absolute atomic E-state index is 0.0378. The van der Waals surface area contributed by atoms with Crippen LogP contribution in [0, 0.1) is 17.2 Å². The van der Waals surface area contributed by atoms with Gasteiger partial charge in [-0.2, -0.15) is 10.4 Å². The number of Topliss-reactive ketones (excluding diaryl/α,β-unsaturated/α-hetero) is 1. The second kappa shape index (κ2) is 4.69. The summed E-state index contributed by atoms with van der Waals surface area (Å²) < 4.78 is 0. The first kappa shape index (κ1) is 11.7. The Bertz CT molecular complexity index is 585. The predicted molar refractivity (Wildman–Crippen MR) is 71.5 cm³/mol. The van der Waals surface area contributed by atoms with E-state index in [-0.39, 0.29) is 23.8 Å². The fourth-order valence-corrected chi connectivity index (χ4v) is 2.69. The van der Waals surface area contributed by atoms with Crippen molar-refractivity contribution in [1.29, 1.82) is 5.26 Å². The molecule has 0 radical (unpaired) electrons. The zero-order valence-corrected chi connectivity index (χ0v) is 10.3. The second-order valence-electron chi connectivity index (χ2n) is 4.74. The average molecular weight is 251 g/mol. The second-order valence-corrected chi connectivity index (χ2v) is 4.74. The van der Waals surface area contributed by atoms with Crippen LogP contribution in [-0.4, -0.2) is 29.1 Å². The summed E-state index contributed by atoms with van der Waals surface area (Å²) in [7, 11) is 0. The molecule has 1 fully saturated rings. The van der Waals surface area contributed by atoms with Gasteiger partial charge in [0, 0.05) is 11.8 Å². The van der Waals surface area contributed by atoms with Gasteiger partial charge in [-0.3, -0.25) is 9.80 Å². The average Bonchev–Trinajstić information content (AvgIpc) is 2.86. The molecule has 2 aliphatic heterocycles. The third-order valence-electron chi connectivity index (χ3n) is 3.64. The maximum atomic E-state index is 12.5. The van der Waals surface area contributed by atoms with Crippen molar-refractivity contribution in [3.63, 3.8) is 0 Å². The molecule has 0 amide bonds. The highest BCUT2D eigenvalue weighted by Crippen LogP contribution is 2.33. The lowest BCUT2D eigenvalue weighted by Gasteiger charge is -2.26. The lowest BCUT2D eigenvalue weighted by Crippen LogP contribution is -2.37. The van der Waals surface area contributed by atoms with Gasteiger partial charge in [-0.05, 0) is 12.5 Å². The summed E-state index contributed by atoms with van der Waals surface area (Å²) >= 11 is 0. The van der Waals surface area contributed by atoms with E-state index in [4.69, 9.17) is 0 Å². The number of carbonyl (C=O) groups excluding carboxylic acids is 1. The van der Waals surface area contributed by atoms with Crippen LogP contribution in [-0.2, 0) is 0 Å². The van der Waals surface area contributed by atoms with Gasteiger partial charge in [-0.1, -0.05) is 36.4 Å². The smallest absolute Gasteiger partial charge is 0.186 e. The van der Waals surface area contributed by atoms with E-state index < -0.39 is 0 Å². The topological polar surface area (TPSA) is 56.5 Å². The van der Waals surface area contributed by atoms with Crippen LogP contribution in [0.15, 0.2) is 47.6 Å². The van der Waals surface area contributed by atoms with Crippen LogP contribution in [0.4, 0.5) is 0 Å². The van der Waals surface area contributed by atoms with Crippen molar-refractivity contribution in [2.75, 3.05) is 0 Å². The molecule has 3 rings (SSSR count). The lowest BCUT2D eigenvalue weighted by atomic mass is 9.97. The standard InChI is InChI=1S/C15H13N3O/c16-10-12-9-14(18-13(12)7-4-8-17-18)15(19)11-5-2-1-3-6-11/h1-8,12-14H,9H2/t12-,13-,14-/m1/s1. The number of nitriles is 1. The van der Waals surface area contributed by atoms with Gasteiger partial charge in [0.25, 0.3) is 0 Å². The molecule has 0 unspecified atom stereocenters. The van der Waals surface area contributed by atoms with Gasteiger partial charge in [0.2, 0.25) is 0 Å². The minimum Gasteiger partial charge on any atom is -0.292 e. The normalized spacial score (nSPS) is 27.9. The molecule has 0 aliphatic carbocycles. The maximum Gasteiger partial charge on any atom is 0.186 e. The third kappa shape index (κ3) is 1.93. The summed E-state index contributed by atoms with van der Waals surface area (Å²) in [6.07, 6.45) is 5.98. The first-order valence-electron chi connectivity index (χ1n) is 6.29. The molecular formula is C15H13N3O. The van der Waals surface area contributed by atoms with Crippen LogP contribution >= 0.6 is 0 Å². The Labute approximate surface area is 111 Å². The van der Waals surface area contributed by atoms with Crippen LogP contribution in [0.2, 0.25) is 0 Å². The summed E-state index contributed by atoms with van der Waals surface area (Å²) in [4.78, 5) is 12.5. The zero-order valence-electron chi connectivity index (χ0n) is 10.3. The van der Waals surface area contributed by atoms with E-state index in [1.807, 2.05) is 30.4 Å². The molecule has 3 atom stereocenters. The Balaban J connectivity index is 1.90. The Kier molecular flexibility index (Phi) is 2.88. The number of hydrogen-bond acceptors (Lipinski definition) is 4. The first-order valence-corrected chi connectivity index (χ1v) is 6.29. The van der Waals surface area contributed by atoms with Crippen LogP contribution in [0.3, 0.4) is 0 Å². The van der Waals surface area contributed by atoms with Crippen molar-refractivity contribution >= 4 is 12.0 Å². The van der Waals surface area contributed by atoms with Gasteiger partial charge >= 0.3 is 0 Å². The highest BCUT2D eigenvalue weighted by Gasteiger charge is 2.43. The number of rotatable bonds is 2. The van der Waals surface area contributed by atoms with Crippen molar-refractivity contribution in [2.45, 2.75) is 18.5 Å². The third-order valence-corrected chi connectivity index (χ3v) is 3.64. The molecule has 94 valence electrons. The number of carbonyl (C=O) groups is 1. The number of nitrogens with zero attached hydrogens (tertiary/aromatic N) is 3. The van der Waals surface area contributed by atoms with E-state index >= 15 is 0 Å². The van der Waals surface area contributed by atoms with Crippen LogP contribution < -0.4 is 0 Å².